The van der Waals surface area contributed by atoms with Crippen LogP contribution >= 0.6 is 23.2 Å². The highest BCUT2D eigenvalue weighted by Gasteiger charge is 2.30. The third kappa shape index (κ3) is 7.19. The van der Waals surface area contributed by atoms with E-state index >= 15 is 0 Å². The van der Waals surface area contributed by atoms with Crippen LogP contribution < -0.4 is 10.6 Å². The molecule has 1 saturated heterocycles. The first-order valence-electron chi connectivity index (χ1n) is 9.96. The molecule has 29 heavy (non-hydrogen) atoms. The molecule has 0 aromatic heterocycles. The molecule has 8 heteroatoms. The van der Waals surface area contributed by atoms with Crippen molar-refractivity contribution in [3.8, 4) is 0 Å². The van der Waals surface area contributed by atoms with Crippen LogP contribution in [-0.2, 0) is 9.59 Å². The maximum Gasteiger partial charge on any atom is 0.253 e. The Bertz CT molecular complexity index is 747. The van der Waals surface area contributed by atoms with Crippen LogP contribution in [0.2, 0.25) is 10.0 Å². The van der Waals surface area contributed by atoms with Crippen molar-refractivity contribution in [3.63, 3.8) is 0 Å². The van der Waals surface area contributed by atoms with Gasteiger partial charge in [-0.2, -0.15) is 0 Å². The van der Waals surface area contributed by atoms with E-state index in [9.17, 15) is 14.4 Å². The molecular weight excluding hydrogens is 413 g/mol. The zero-order valence-electron chi connectivity index (χ0n) is 17.1. The summed E-state index contributed by atoms with van der Waals surface area (Å²) in [7, 11) is 0. The maximum atomic E-state index is 13.1. The molecule has 0 aliphatic carbocycles. The van der Waals surface area contributed by atoms with Crippen LogP contribution in [0.4, 0.5) is 0 Å². The summed E-state index contributed by atoms with van der Waals surface area (Å²) in [4.78, 5) is 38.7. The Labute approximate surface area is 182 Å². The highest BCUT2D eigenvalue weighted by atomic mass is 35.5. The second kappa shape index (κ2) is 10.8. The van der Waals surface area contributed by atoms with Gasteiger partial charge in [-0.3, -0.25) is 14.4 Å². The van der Waals surface area contributed by atoms with Crippen LogP contribution in [0.1, 0.15) is 50.4 Å². The fourth-order valence-corrected chi connectivity index (χ4v) is 3.96. The van der Waals surface area contributed by atoms with Gasteiger partial charge in [-0.05, 0) is 49.3 Å². The van der Waals surface area contributed by atoms with Crippen molar-refractivity contribution in [2.24, 2.45) is 11.8 Å². The number of nitrogens with zero attached hydrogens (tertiary/aromatic N) is 1. The van der Waals surface area contributed by atoms with E-state index in [1.54, 1.807) is 17.0 Å². The fraction of sp³-hybridized carbons (Fsp3) is 0.571. The summed E-state index contributed by atoms with van der Waals surface area (Å²) < 4.78 is 0. The zero-order chi connectivity index (χ0) is 21.6. The number of carbonyl (C=O) groups is 3. The molecule has 1 heterocycles. The molecule has 1 aromatic rings. The molecule has 6 nitrogen and oxygen atoms in total. The quantitative estimate of drug-likeness (QED) is 0.679. The lowest BCUT2D eigenvalue weighted by molar-refractivity contribution is -0.135. The molecule has 1 fully saturated rings. The standard InChI is InChI=1S/C21H29Cl2N3O3/c1-13(2)10-19(25-20(28)17-5-4-16(22)11-18(17)23)21(29)26-8-6-15(7-9-26)12-24-14(3)27/h4-5,11,13,15,19H,6-10,12H2,1-3H3,(H,24,27)(H,25,28). The van der Waals surface area contributed by atoms with E-state index in [0.717, 1.165) is 12.8 Å². The molecule has 0 radical (unpaired) electrons. The number of amides is 3. The number of halogens is 2. The Kier molecular flexibility index (Phi) is 8.78. The third-order valence-corrected chi connectivity index (χ3v) is 5.60. The van der Waals surface area contributed by atoms with Gasteiger partial charge in [-0.15, -0.1) is 0 Å². The molecule has 0 spiro atoms. The predicted molar refractivity (Wildman–Crippen MR) is 115 cm³/mol. The smallest absolute Gasteiger partial charge is 0.253 e. The van der Waals surface area contributed by atoms with Gasteiger partial charge in [-0.25, -0.2) is 0 Å². The summed E-state index contributed by atoms with van der Waals surface area (Å²) in [5, 5.41) is 6.40. The van der Waals surface area contributed by atoms with Crippen molar-refractivity contribution in [3.05, 3.63) is 33.8 Å². The predicted octanol–water partition coefficient (Wildman–Crippen LogP) is 3.51. The summed E-state index contributed by atoms with van der Waals surface area (Å²) in [5.74, 6) is 0.113. The van der Waals surface area contributed by atoms with Crippen molar-refractivity contribution in [1.29, 1.82) is 0 Å². The van der Waals surface area contributed by atoms with Crippen molar-refractivity contribution in [2.75, 3.05) is 19.6 Å². The molecule has 160 valence electrons. The first-order valence-corrected chi connectivity index (χ1v) is 10.7. The number of likely N-dealkylation sites (tertiary alicyclic amines) is 1. The Morgan fingerprint density at radius 1 is 1.17 bits per heavy atom. The summed E-state index contributed by atoms with van der Waals surface area (Å²) in [6.45, 7) is 7.41. The molecule has 1 unspecified atom stereocenters. The van der Waals surface area contributed by atoms with E-state index in [2.05, 4.69) is 10.6 Å². The molecule has 2 rings (SSSR count). The van der Waals surface area contributed by atoms with Gasteiger partial charge in [-0.1, -0.05) is 37.0 Å². The van der Waals surface area contributed by atoms with Crippen LogP contribution in [0.3, 0.4) is 0 Å². The Morgan fingerprint density at radius 2 is 1.83 bits per heavy atom. The molecule has 3 amide bonds. The number of hydrogen-bond donors (Lipinski definition) is 2. The Morgan fingerprint density at radius 3 is 2.38 bits per heavy atom. The summed E-state index contributed by atoms with van der Waals surface area (Å²) >= 11 is 12.0. The number of hydrogen-bond acceptors (Lipinski definition) is 3. The highest BCUT2D eigenvalue weighted by molar-refractivity contribution is 6.36. The minimum Gasteiger partial charge on any atom is -0.356 e. The van der Waals surface area contributed by atoms with Crippen LogP contribution in [-0.4, -0.2) is 48.3 Å². The second-order valence-corrected chi connectivity index (χ2v) is 8.83. The number of carbonyl (C=O) groups excluding carboxylic acids is 3. The van der Waals surface area contributed by atoms with Crippen molar-refractivity contribution >= 4 is 40.9 Å². The first-order chi connectivity index (χ1) is 13.7. The van der Waals surface area contributed by atoms with E-state index in [1.165, 1.54) is 13.0 Å². The third-order valence-electron chi connectivity index (χ3n) is 5.05. The number of rotatable bonds is 7. The van der Waals surface area contributed by atoms with Gasteiger partial charge in [0.05, 0.1) is 10.6 Å². The molecule has 0 bridgehead atoms. The molecule has 1 aliphatic rings. The van der Waals surface area contributed by atoms with Gasteiger partial charge in [0.2, 0.25) is 11.8 Å². The van der Waals surface area contributed by atoms with Gasteiger partial charge in [0.1, 0.15) is 6.04 Å². The van der Waals surface area contributed by atoms with Crippen LogP contribution in [0.25, 0.3) is 0 Å². The van der Waals surface area contributed by atoms with E-state index in [-0.39, 0.29) is 28.7 Å². The van der Waals surface area contributed by atoms with Crippen molar-refractivity contribution in [2.45, 2.75) is 46.1 Å². The molecule has 1 atom stereocenters. The van der Waals surface area contributed by atoms with Gasteiger partial charge in [0, 0.05) is 31.6 Å². The van der Waals surface area contributed by atoms with Gasteiger partial charge >= 0.3 is 0 Å². The second-order valence-electron chi connectivity index (χ2n) is 7.99. The summed E-state index contributed by atoms with van der Waals surface area (Å²) in [6, 6.07) is 4.06. The first kappa shape index (κ1) is 23.5. The van der Waals surface area contributed by atoms with Crippen LogP contribution in [0.5, 0.6) is 0 Å². The van der Waals surface area contributed by atoms with E-state index < -0.39 is 6.04 Å². The molecule has 2 N–H and O–H groups in total. The normalized spacial score (nSPS) is 15.9. The number of piperidine rings is 1. The van der Waals surface area contributed by atoms with Crippen LogP contribution in [0, 0.1) is 11.8 Å². The molecular formula is C21H29Cl2N3O3. The summed E-state index contributed by atoms with van der Waals surface area (Å²) in [6.07, 6.45) is 2.20. The zero-order valence-corrected chi connectivity index (χ0v) is 18.6. The number of benzene rings is 1. The fourth-order valence-electron chi connectivity index (χ4n) is 3.47. The van der Waals surface area contributed by atoms with Gasteiger partial charge in [0.15, 0.2) is 0 Å². The monoisotopic (exact) mass is 441 g/mol. The van der Waals surface area contributed by atoms with Crippen LogP contribution in [0.15, 0.2) is 18.2 Å². The summed E-state index contributed by atoms with van der Waals surface area (Å²) in [5.41, 5.74) is 0.298. The molecule has 1 aromatic carbocycles. The minimum absolute atomic E-state index is 0.0379. The highest BCUT2D eigenvalue weighted by Crippen LogP contribution is 2.22. The van der Waals surface area contributed by atoms with Gasteiger partial charge in [0.25, 0.3) is 5.91 Å². The van der Waals surface area contributed by atoms with Crippen molar-refractivity contribution < 1.29 is 14.4 Å². The Hall–Kier alpha value is -1.79. The van der Waals surface area contributed by atoms with E-state index in [4.69, 9.17) is 23.2 Å². The SMILES string of the molecule is CC(=O)NCC1CCN(C(=O)C(CC(C)C)NC(=O)c2ccc(Cl)cc2Cl)CC1. The average molecular weight is 442 g/mol. The van der Waals surface area contributed by atoms with E-state index in [0.29, 0.717) is 42.6 Å². The lowest BCUT2D eigenvalue weighted by atomic mass is 9.95. The lowest BCUT2D eigenvalue weighted by Gasteiger charge is -2.35. The molecule has 1 aliphatic heterocycles. The average Bonchev–Trinajstić information content (AvgIpc) is 2.65. The lowest BCUT2D eigenvalue weighted by Crippen LogP contribution is -2.51. The largest absolute Gasteiger partial charge is 0.356 e. The van der Waals surface area contributed by atoms with Gasteiger partial charge < -0.3 is 15.5 Å². The Balaban J connectivity index is 2.01. The topological polar surface area (TPSA) is 78.5 Å². The number of nitrogens with one attached hydrogen (secondary N) is 2. The van der Waals surface area contributed by atoms with Crippen molar-refractivity contribution in [1.82, 2.24) is 15.5 Å². The van der Waals surface area contributed by atoms with E-state index in [1.807, 2.05) is 13.8 Å². The minimum atomic E-state index is -0.610. The molecule has 0 saturated carbocycles. The maximum absolute atomic E-state index is 13.1.